The van der Waals surface area contributed by atoms with Gasteiger partial charge >= 0.3 is 7.82 Å². The second-order valence-corrected chi connectivity index (χ2v) is 22.1. The Hall–Kier alpha value is -1.80. The molecule has 1 amide bonds. The Morgan fingerprint density at radius 1 is 0.515 bits per heavy atom. The average Bonchev–Trinajstić information content (AvgIpc) is 3.30. The molecule has 0 aromatic rings. The molecule has 3 unspecified atom stereocenters. The summed E-state index contributed by atoms with van der Waals surface area (Å²) in [5, 5.41) is 13.9. The summed E-state index contributed by atoms with van der Waals surface area (Å²) < 4.78 is 23.7. The van der Waals surface area contributed by atoms with Gasteiger partial charge in [-0.15, -0.1) is 0 Å². The van der Waals surface area contributed by atoms with Gasteiger partial charge in [0.15, 0.2) is 0 Å². The highest BCUT2D eigenvalue weighted by Gasteiger charge is 2.27. The zero-order chi connectivity index (χ0) is 49.9. The fraction of sp³-hybridized carbons (Fsp3) is 0.814. The van der Waals surface area contributed by atoms with Crippen molar-refractivity contribution < 1.29 is 32.9 Å². The highest BCUT2D eigenvalue weighted by atomic mass is 31.2. The lowest BCUT2D eigenvalue weighted by atomic mass is 10.0. The van der Waals surface area contributed by atoms with E-state index in [1.165, 1.54) is 173 Å². The Kier molecular flexibility index (Phi) is 48.8. The van der Waals surface area contributed by atoms with Crippen LogP contribution >= 0.6 is 7.82 Å². The van der Waals surface area contributed by atoms with E-state index in [0.717, 1.165) is 64.2 Å². The van der Waals surface area contributed by atoms with Crippen LogP contribution in [-0.2, 0) is 18.4 Å². The van der Waals surface area contributed by atoms with Gasteiger partial charge < -0.3 is 19.8 Å². The molecule has 0 radical (unpaired) electrons. The number of phosphoric ester groups is 1. The van der Waals surface area contributed by atoms with Crippen LogP contribution in [0.4, 0.5) is 0 Å². The number of hydrogen-bond donors (Lipinski definition) is 3. The molecule has 0 heterocycles. The lowest BCUT2D eigenvalue weighted by molar-refractivity contribution is -0.870. The molecule has 0 bridgehead atoms. The molecule has 398 valence electrons. The fourth-order valence-corrected chi connectivity index (χ4v) is 9.01. The van der Waals surface area contributed by atoms with Gasteiger partial charge in [0, 0.05) is 6.42 Å². The largest absolute Gasteiger partial charge is 0.472 e. The van der Waals surface area contributed by atoms with Crippen molar-refractivity contribution in [3.63, 3.8) is 0 Å². The number of aliphatic hydroxyl groups excluding tert-OH is 1. The van der Waals surface area contributed by atoms with Crippen LogP contribution in [0.2, 0.25) is 0 Å². The number of unbranched alkanes of at least 4 members (excludes halogenated alkanes) is 31. The summed E-state index contributed by atoms with van der Waals surface area (Å²) >= 11 is 0. The standard InChI is InChI=1S/C59H111N2O6P/c1-6-8-10-12-14-16-18-20-22-24-26-28-29-30-31-33-35-37-39-41-43-45-47-49-51-53-59(63)60-57(56-67-68(64,65)66-55-54-61(3,4)5)58(62)52-50-48-46-44-42-40-38-36-34-32-27-25-23-21-19-17-15-13-11-9-7-2/h8,10,14,16,20,22,26,28,50,52,57-58,62H,6-7,9,11-13,15,17-19,21,23-25,27,29-49,51,53-56H2,1-5H3,(H-,60,63,64,65)/p+1/b10-8-,16-14-,22-20-,28-26-,52-50+. The monoisotopic (exact) mass is 976 g/mol. The van der Waals surface area contributed by atoms with Crippen molar-refractivity contribution in [2.75, 3.05) is 40.9 Å². The predicted molar refractivity (Wildman–Crippen MR) is 295 cm³/mol. The molecule has 8 nitrogen and oxygen atoms in total. The SMILES string of the molecule is CC/C=C\C/C=C\C/C=C\C/C=C\CCCCCCCCCCCCCCC(=O)NC(COP(=O)(O)OCC[N+](C)(C)C)C(O)/C=C/CCCCCCCCCCCCCCCCCCCCC. The molecule has 3 N–H and O–H groups in total. The van der Waals surface area contributed by atoms with Gasteiger partial charge in [-0.05, 0) is 57.8 Å². The van der Waals surface area contributed by atoms with Gasteiger partial charge in [-0.3, -0.25) is 13.8 Å². The number of aliphatic hydroxyl groups is 1. The van der Waals surface area contributed by atoms with E-state index in [4.69, 9.17) is 9.05 Å². The quantitative estimate of drug-likeness (QED) is 0.0243. The van der Waals surface area contributed by atoms with Crippen LogP contribution in [0.1, 0.15) is 258 Å². The second-order valence-electron chi connectivity index (χ2n) is 20.6. The average molecular weight is 977 g/mol. The van der Waals surface area contributed by atoms with E-state index in [1.807, 2.05) is 27.2 Å². The molecular weight excluding hydrogens is 864 g/mol. The lowest BCUT2D eigenvalue weighted by Gasteiger charge is -2.25. The predicted octanol–water partition coefficient (Wildman–Crippen LogP) is 17.3. The summed E-state index contributed by atoms with van der Waals surface area (Å²) in [5.74, 6) is -0.179. The topological polar surface area (TPSA) is 105 Å². The maximum atomic E-state index is 13.0. The van der Waals surface area contributed by atoms with Gasteiger partial charge in [-0.2, -0.15) is 0 Å². The highest BCUT2D eigenvalue weighted by molar-refractivity contribution is 7.47. The second kappa shape index (κ2) is 50.2. The molecule has 0 aliphatic rings. The smallest absolute Gasteiger partial charge is 0.387 e. The van der Waals surface area contributed by atoms with Crippen molar-refractivity contribution in [3.8, 4) is 0 Å². The van der Waals surface area contributed by atoms with Crippen LogP contribution in [0, 0.1) is 0 Å². The minimum atomic E-state index is -4.35. The Labute approximate surface area is 422 Å². The van der Waals surface area contributed by atoms with Crippen molar-refractivity contribution in [2.45, 2.75) is 270 Å². The van der Waals surface area contributed by atoms with Crippen LogP contribution in [-0.4, -0.2) is 73.4 Å². The molecule has 0 saturated carbocycles. The molecule has 68 heavy (non-hydrogen) atoms. The van der Waals surface area contributed by atoms with Crippen LogP contribution < -0.4 is 5.32 Å². The van der Waals surface area contributed by atoms with E-state index >= 15 is 0 Å². The van der Waals surface area contributed by atoms with Crippen molar-refractivity contribution >= 4 is 13.7 Å². The molecule has 0 aromatic carbocycles. The molecule has 0 fully saturated rings. The fourth-order valence-electron chi connectivity index (χ4n) is 8.27. The highest BCUT2D eigenvalue weighted by Crippen LogP contribution is 2.43. The van der Waals surface area contributed by atoms with E-state index in [0.29, 0.717) is 17.4 Å². The number of amides is 1. The maximum absolute atomic E-state index is 13.0. The molecule has 0 spiro atoms. The summed E-state index contributed by atoms with van der Waals surface area (Å²) in [4.78, 5) is 23.3. The molecule has 9 heteroatoms. The zero-order valence-electron chi connectivity index (χ0n) is 45.3. The molecule has 3 atom stereocenters. The minimum absolute atomic E-state index is 0.0599. The number of likely N-dealkylation sites (N-methyl/N-ethyl adjacent to an activating group) is 1. The number of carbonyl (C=O) groups excluding carboxylic acids is 1. The number of rotatable bonds is 52. The molecule has 0 aliphatic heterocycles. The third kappa shape index (κ3) is 52.0. The van der Waals surface area contributed by atoms with E-state index in [9.17, 15) is 19.4 Å². The first kappa shape index (κ1) is 66.2. The summed E-state index contributed by atoms with van der Waals surface area (Å²) in [6, 6.07) is -0.850. The number of hydrogen-bond acceptors (Lipinski definition) is 5. The van der Waals surface area contributed by atoms with E-state index in [1.54, 1.807) is 6.08 Å². The normalized spacial score (nSPS) is 14.4. The first-order valence-corrected chi connectivity index (χ1v) is 30.2. The summed E-state index contributed by atoms with van der Waals surface area (Å²) in [6.07, 6.45) is 67.4. The van der Waals surface area contributed by atoms with Crippen LogP contribution in [0.5, 0.6) is 0 Å². The van der Waals surface area contributed by atoms with Crippen molar-refractivity contribution in [3.05, 3.63) is 60.8 Å². The van der Waals surface area contributed by atoms with Gasteiger partial charge in [-0.25, -0.2) is 4.57 Å². The Morgan fingerprint density at radius 3 is 1.29 bits per heavy atom. The molecule has 0 aromatic heterocycles. The Morgan fingerprint density at radius 2 is 0.882 bits per heavy atom. The van der Waals surface area contributed by atoms with E-state index in [2.05, 4.69) is 67.8 Å². The number of nitrogens with zero attached hydrogens (tertiary/aromatic N) is 1. The maximum Gasteiger partial charge on any atom is 0.472 e. The first-order chi connectivity index (χ1) is 33.0. The zero-order valence-corrected chi connectivity index (χ0v) is 46.2. The molecule has 0 rings (SSSR count). The number of carbonyl (C=O) groups is 1. The number of quaternary nitrogens is 1. The number of allylic oxidation sites excluding steroid dienone is 9. The van der Waals surface area contributed by atoms with Crippen molar-refractivity contribution in [2.24, 2.45) is 0 Å². The van der Waals surface area contributed by atoms with Gasteiger partial charge in [0.2, 0.25) is 5.91 Å². The van der Waals surface area contributed by atoms with Crippen LogP contribution in [0.25, 0.3) is 0 Å². The summed E-state index contributed by atoms with van der Waals surface area (Å²) in [7, 11) is 1.57. The summed E-state index contributed by atoms with van der Waals surface area (Å²) in [6.45, 7) is 4.73. The first-order valence-electron chi connectivity index (χ1n) is 28.7. The van der Waals surface area contributed by atoms with Gasteiger partial charge in [0.05, 0.1) is 39.9 Å². The molecule has 0 aliphatic carbocycles. The third-order valence-corrected chi connectivity index (χ3v) is 13.7. The van der Waals surface area contributed by atoms with Gasteiger partial charge in [-0.1, -0.05) is 254 Å². The van der Waals surface area contributed by atoms with Gasteiger partial charge in [0.1, 0.15) is 13.2 Å². The van der Waals surface area contributed by atoms with E-state index in [-0.39, 0.29) is 19.1 Å². The Balaban J connectivity index is 4.22. The van der Waals surface area contributed by atoms with E-state index < -0.39 is 20.0 Å². The van der Waals surface area contributed by atoms with Gasteiger partial charge in [0.25, 0.3) is 0 Å². The number of nitrogens with one attached hydrogen (secondary N) is 1. The molecular formula is C59H112N2O6P+. The van der Waals surface area contributed by atoms with Crippen LogP contribution in [0.15, 0.2) is 60.8 Å². The lowest BCUT2D eigenvalue weighted by Crippen LogP contribution is -2.45. The number of phosphoric acid groups is 1. The minimum Gasteiger partial charge on any atom is -0.387 e. The van der Waals surface area contributed by atoms with Crippen molar-refractivity contribution in [1.82, 2.24) is 5.32 Å². The van der Waals surface area contributed by atoms with Crippen molar-refractivity contribution in [1.29, 1.82) is 0 Å². The summed E-state index contributed by atoms with van der Waals surface area (Å²) in [5.41, 5.74) is 0. The molecule has 0 saturated heterocycles. The Bertz CT molecular complexity index is 1290. The van der Waals surface area contributed by atoms with Crippen LogP contribution in [0.3, 0.4) is 0 Å². The third-order valence-electron chi connectivity index (χ3n) is 12.7.